The molecular formula is C10H20N2O6. The molecule has 0 aromatic carbocycles. The van der Waals surface area contributed by atoms with Gasteiger partial charge in [-0.1, -0.05) is 0 Å². The third-order valence-electron chi connectivity index (χ3n) is 1.09. The molecule has 0 fully saturated rings. The summed E-state index contributed by atoms with van der Waals surface area (Å²) in [5, 5.41) is 0. The number of carbonyl (C=O) groups is 2. The Morgan fingerprint density at radius 3 is 1.22 bits per heavy atom. The fraction of sp³-hybridized carbons (Fsp3) is 0.800. The van der Waals surface area contributed by atoms with Crippen LogP contribution in [0.3, 0.4) is 0 Å². The van der Waals surface area contributed by atoms with Crippen LogP contribution >= 0.6 is 0 Å². The molecule has 0 aromatic heterocycles. The van der Waals surface area contributed by atoms with E-state index in [1.165, 1.54) is 0 Å². The molecule has 0 aliphatic rings. The zero-order valence-corrected chi connectivity index (χ0v) is 11.4. The summed E-state index contributed by atoms with van der Waals surface area (Å²) in [7, 11) is 0. The molecule has 0 aromatic rings. The molecule has 8 heteroatoms. The SMILES string of the molecule is CC(C)(C)OC(=O)ONNOC(=O)OC(C)(C)C. The average Bonchev–Trinajstić information content (AvgIpc) is 2.06. The van der Waals surface area contributed by atoms with Gasteiger partial charge in [0.1, 0.15) is 11.2 Å². The number of nitrogens with one attached hydrogen (secondary N) is 2. The molecule has 0 radical (unpaired) electrons. The minimum Gasteiger partial charge on any atom is -0.427 e. The summed E-state index contributed by atoms with van der Waals surface area (Å²) >= 11 is 0. The lowest BCUT2D eigenvalue weighted by atomic mass is 10.2. The normalized spacial score (nSPS) is 11.7. The first-order valence-electron chi connectivity index (χ1n) is 5.29. The summed E-state index contributed by atoms with van der Waals surface area (Å²) in [4.78, 5) is 30.7. The van der Waals surface area contributed by atoms with E-state index in [1.807, 2.05) is 11.2 Å². The van der Waals surface area contributed by atoms with Crippen molar-refractivity contribution in [2.75, 3.05) is 0 Å². The smallest absolute Gasteiger partial charge is 0.427 e. The molecule has 0 aliphatic heterocycles. The van der Waals surface area contributed by atoms with E-state index in [0.717, 1.165) is 0 Å². The molecule has 0 atom stereocenters. The lowest BCUT2D eigenvalue weighted by molar-refractivity contribution is -0.106. The minimum atomic E-state index is -0.970. The Hall–Kier alpha value is -1.54. The molecule has 0 heterocycles. The first-order chi connectivity index (χ1) is 7.99. The molecule has 0 bridgehead atoms. The van der Waals surface area contributed by atoms with Crippen molar-refractivity contribution < 1.29 is 28.7 Å². The van der Waals surface area contributed by atoms with Crippen LogP contribution in [0.5, 0.6) is 0 Å². The largest absolute Gasteiger partial charge is 0.529 e. The van der Waals surface area contributed by atoms with Gasteiger partial charge in [0.2, 0.25) is 0 Å². The van der Waals surface area contributed by atoms with Gasteiger partial charge in [-0.05, 0) is 52.7 Å². The van der Waals surface area contributed by atoms with E-state index in [2.05, 4.69) is 9.68 Å². The highest BCUT2D eigenvalue weighted by Crippen LogP contribution is 2.08. The zero-order valence-electron chi connectivity index (χ0n) is 11.4. The zero-order chi connectivity index (χ0) is 14.4. The van der Waals surface area contributed by atoms with Gasteiger partial charge >= 0.3 is 12.3 Å². The molecule has 0 saturated heterocycles. The van der Waals surface area contributed by atoms with Crippen molar-refractivity contribution >= 4 is 12.3 Å². The molecule has 18 heavy (non-hydrogen) atoms. The van der Waals surface area contributed by atoms with Crippen molar-refractivity contribution in [1.29, 1.82) is 0 Å². The molecule has 106 valence electrons. The Bertz CT molecular complexity index is 262. The molecular weight excluding hydrogens is 244 g/mol. The van der Waals surface area contributed by atoms with Crippen molar-refractivity contribution in [2.24, 2.45) is 0 Å². The van der Waals surface area contributed by atoms with Gasteiger partial charge < -0.3 is 19.1 Å². The maximum Gasteiger partial charge on any atom is 0.529 e. The molecule has 0 rings (SSSR count). The van der Waals surface area contributed by atoms with Gasteiger partial charge in [-0.3, -0.25) is 0 Å². The average molecular weight is 264 g/mol. The van der Waals surface area contributed by atoms with Gasteiger partial charge in [-0.25, -0.2) is 9.59 Å². The van der Waals surface area contributed by atoms with Crippen molar-refractivity contribution in [1.82, 2.24) is 11.2 Å². The van der Waals surface area contributed by atoms with E-state index in [4.69, 9.17) is 9.47 Å². The van der Waals surface area contributed by atoms with Gasteiger partial charge in [0.05, 0.1) is 0 Å². The highest BCUT2D eigenvalue weighted by atomic mass is 16.9. The lowest BCUT2D eigenvalue weighted by Gasteiger charge is -2.19. The number of hydrogen-bond acceptors (Lipinski definition) is 8. The van der Waals surface area contributed by atoms with E-state index in [9.17, 15) is 9.59 Å². The summed E-state index contributed by atoms with van der Waals surface area (Å²) < 4.78 is 9.58. The van der Waals surface area contributed by atoms with Gasteiger partial charge in [-0.2, -0.15) is 0 Å². The van der Waals surface area contributed by atoms with Crippen LogP contribution in [0.4, 0.5) is 9.59 Å². The Kier molecular flexibility index (Phi) is 5.86. The maximum absolute atomic E-state index is 11.0. The van der Waals surface area contributed by atoms with Crippen molar-refractivity contribution in [3.8, 4) is 0 Å². The lowest BCUT2D eigenvalue weighted by Crippen LogP contribution is -2.39. The van der Waals surface area contributed by atoms with Crippen LogP contribution in [-0.2, 0) is 19.1 Å². The second kappa shape index (κ2) is 6.41. The molecule has 0 unspecified atom stereocenters. The predicted octanol–water partition coefficient (Wildman–Crippen LogP) is 1.81. The van der Waals surface area contributed by atoms with E-state index in [1.54, 1.807) is 41.5 Å². The number of hydrogen-bond donors (Lipinski definition) is 2. The number of carbonyl (C=O) groups excluding carboxylic acids is 2. The van der Waals surface area contributed by atoms with E-state index in [-0.39, 0.29) is 0 Å². The number of ether oxygens (including phenoxy) is 2. The van der Waals surface area contributed by atoms with Gasteiger partial charge in [0, 0.05) is 0 Å². The quantitative estimate of drug-likeness (QED) is 0.452. The third-order valence-corrected chi connectivity index (χ3v) is 1.09. The maximum atomic E-state index is 11.0. The Balaban J connectivity index is 3.69. The van der Waals surface area contributed by atoms with Crippen LogP contribution in [0.25, 0.3) is 0 Å². The van der Waals surface area contributed by atoms with Gasteiger partial charge in [0.25, 0.3) is 0 Å². The van der Waals surface area contributed by atoms with Crippen LogP contribution < -0.4 is 11.2 Å². The summed E-state index contributed by atoms with van der Waals surface area (Å²) in [6.07, 6.45) is -1.94. The second-order valence-corrected chi connectivity index (χ2v) is 5.34. The molecule has 0 amide bonds. The third kappa shape index (κ3) is 11.0. The fourth-order valence-electron chi connectivity index (χ4n) is 0.667. The molecule has 0 aliphatic carbocycles. The highest BCUT2D eigenvalue weighted by molar-refractivity contribution is 5.60. The molecule has 2 N–H and O–H groups in total. The Morgan fingerprint density at radius 1 is 0.722 bits per heavy atom. The van der Waals surface area contributed by atoms with Crippen molar-refractivity contribution in [3.63, 3.8) is 0 Å². The molecule has 8 nitrogen and oxygen atoms in total. The van der Waals surface area contributed by atoms with Crippen LogP contribution in [-0.4, -0.2) is 23.5 Å². The summed E-state index contributed by atoms with van der Waals surface area (Å²) in [6.45, 7) is 10.1. The second-order valence-electron chi connectivity index (χ2n) is 5.34. The first-order valence-corrected chi connectivity index (χ1v) is 5.29. The van der Waals surface area contributed by atoms with Gasteiger partial charge in [0.15, 0.2) is 0 Å². The van der Waals surface area contributed by atoms with Crippen LogP contribution in [0.2, 0.25) is 0 Å². The highest BCUT2D eigenvalue weighted by Gasteiger charge is 2.19. The standard InChI is InChI=1S/C10H20N2O6/c1-9(2,3)15-7(13)17-11-12-18-8(14)16-10(4,5)6/h11-12H,1-6H3. The first kappa shape index (κ1) is 16.5. The van der Waals surface area contributed by atoms with E-state index >= 15 is 0 Å². The molecule has 0 saturated carbocycles. The molecule has 0 spiro atoms. The van der Waals surface area contributed by atoms with E-state index < -0.39 is 23.5 Å². The van der Waals surface area contributed by atoms with Crippen molar-refractivity contribution in [3.05, 3.63) is 0 Å². The topological polar surface area (TPSA) is 95.1 Å². The predicted molar refractivity (Wildman–Crippen MR) is 60.9 cm³/mol. The number of hydrazine groups is 1. The number of rotatable bonds is 3. The monoisotopic (exact) mass is 264 g/mol. The van der Waals surface area contributed by atoms with Crippen LogP contribution in [0.1, 0.15) is 41.5 Å². The van der Waals surface area contributed by atoms with Crippen LogP contribution in [0, 0.1) is 0 Å². The summed E-state index contributed by atoms with van der Waals surface area (Å²) in [5.74, 6) is 0. The Morgan fingerprint density at radius 2 is 1.00 bits per heavy atom. The van der Waals surface area contributed by atoms with Crippen molar-refractivity contribution in [2.45, 2.75) is 52.7 Å². The minimum absolute atomic E-state index is 0.676. The summed E-state index contributed by atoms with van der Waals surface area (Å²) in [6, 6.07) is 0. The van der Waals surface area contributed by atoms with E-state index in [0.29, 0.717) is 0 Å². The Labute approximate surface area is 106 Å². The fourth-order valence-corrected chi connectivity index (χ4v) is 0.667. The van der Waals surface area contributed by atoms with Gasteiger partial charge in [-0.15, -0.1) is 0 Å². The summed E-state index contributed by atoms with van der Waals surface area (Å²) in [5.41, 5.74) is 2.40. The van der Waals surface area contributed by atoms with Crippen LogP contribution in [0.15, 0.2) is 0 Å².